The largest absolute Gasteiger partial charge is 0.480 e. The standard InChI is InChI=1S/C28H29N3O8/c1-2-38-27(34)25(18-20-10-5-3-6-11-20)30(28(35)39-19-21-12-7-4-8-13-21)29-24(26(32)33)17-22-14-9-15-23(16-22)31(36)37/h3-16,24-25,29H,2,17-19H2,1H3,(H,32,33)/t24-,25-/m0/s1. The van der Waals surface area contributed by atoms with E-state index in [1.54, 1.807) is 67.6 Å². The Morgan fingerprint density at radius 3 is 2.10 bits per heavy atom. The third kappa shape index (κ3) is 8.64. The molecule has 3 aromatic carbocycles. The molecule has 0 saturated heterocycles. The van der Waals surface area contributed by atoms with Crippen molar-refractivity contribution >= 4 is 23.7 Å². The van der Waals surface area contributed by atoms with Crippen molar-refractivity contribution in [2.24, 2.45) is 0 Å². The minimum atomic E-state index is -1.44. The van der Waals surface area contributed by atoms with E-state index in [9.17, 15) is 29.6 Å². The zero-order chi connectivity index (χ0) is 28.2. The second kappa shape index (κ2) is 14.2. The van der Waals surface area contributed by atoms with Crippen LogP contribution in [0.25, 0.3) is 0 Å². The van der Waals surface area contributed by atoms with Crippen molar-refractivity contribution in [2.75, 3.05) is 6.61 Å². The molecule has 0 aliphatic carbocycles. The van der Waals surface area contributed by atoms with Crippen LogP contribution in [-0.4, -0.2) is 51.8 Å². The number of hydrogen-bond acceptors (Lipinski definition) is 8. The number of carbonyl (C=O) groups is 3. The number of amides is 1. The molecule has 0 aliphatic rings. The summed E-state index contributed by atoms with van der Waals surface area (Å²) in [6.07, 6.45) is -1.20. The molecule has 2 atom stereocenters. The molecule has 0 aliphatic heterocycles. The van der Waals surface area contributed by atoms with Gasteiger partial charge in [-0.3, -0.25) is 14.9 Å². The second-order valence-electron chi connectivity index (χ2n) is 8.52. The van der Waals surface area contributed by atoms with E-state index in [0.717, 1.165) is 5.01 Å². The quantitative estimate of drug-likeness (QED) is 0.189. The number of non-ortho nitro benzene ring substituents is 1. The van der Waals surface area contributed by atoms with Crippen molar-refractivity contribution in [1.29, 1.82) is 0 Å². The topological polar surface area (TPSA) is 148 Å². The Hall–Kier alpha value is -4.77. The Bertz CT molecular complexity index is 1270. The molecule has 0 spiro atoms. The molecule has 11 nitrogen and oxygen atoms in total. The minimum Gasteiger partial charge on any atom is -0.480 e. The summed E-state index contributed by atoms with van der Waals surface area (Å²) in [6, 6.07) is 20.5. The van der Waals surface area contributed by atoms with Crippen LogP contribution in [0.4, 0.5) is 10.5 Å². The van der Waals surface area contributed by atoms with Crippen molar-refractivity contribution < 1.29 is 33.9 Å². The third-order valence-electron chi connectivity index (χ3n) is 5.70. The molecule has 0 saturated carbocycles. The van der Waals surface area contributed by atoms with Crippen LogP contribution >= 0.6 is 0 Å². The van der Waals surface area contributed by atoms with Gasteiger partial charge in [-0.2, -0.15) is 0 Å². The lowest BCUT2D eigenvalue weighted by molar-refractivity contribution is -0.384. The first-order valence-corrected chi connectivity index (χ1v) is 12.2. The molecular formula is C28H29N3O8. The van der Waals surface area contributed by atoms with E-state index in [-0.39, 0.29) is 31.7 Å². The molecule has 204 valence electrons. The SMILES string of the molecule is CCOC(=O)[C@H](Cc1ccccc1)N(N[C@@H](Cc1cccc([N+](=O)[O-])c1)C(=O)O)C(=O)OCc1ccccc1. The molecule has 0 unspecified atom stereocenters. The van der Waals surface area contributed by atoms with Crippen molar-refractivity contribution in [3.05, 3.63) is 112 Å². The number of aliphatic carboxylic acids is 1. The number of nitrogens with zero attached hydrogens (tertiary/aromatic N) is 2. The van der Waals surface area contributed by atoms with Gasteiger partial charge in [-0.1, -0.05) is 72.8 Å². The number of nitrogens with one attached hydrogen (secondary N) is 1. The Morgan fingerprint density at radius 2 is 1.51 bits per heavy atom. The molecule has 2 N–H and O–H groups in total. The zero-order valence-corrected chi connectivity index (χ0v) is 21.3. The van der Waals surface area contributed by atoms with Crippen molar-refractivity contribution in [3.8, 4) is 0 Å². The first-order valence-electron chi connectivity index (χ1n) is 12.2. The molecule has 3 aromatic rings. The Morgan fingerprint density at radius 1 is 0.897 bits per heavy atom. The molecule has 39 heavy (non-hydrogen) atoms. The summed E-state index contributed by atoms with van der Waals surface area (Å²) in [5, 5.41) is 22.0. The summed E-state index contributed by atoms with van der Waals surface area (Å²) in [5.41, 5.74) is 4.16. The van der Waals surface area contributed by atoms with Gasteiger partial charge in [-0.05, 0) is 23.6 Å². The van der Waals surface area contributed by atoms with Crippen LogP contribution < -0.4 is 5.43 Å². The lowest BCUT2D eigenvalue weighted by Gasteiger charge is -2.32. The number of ether oxygens (including phenoxy) is 2. The third-order valence-corrected chi connectivity index (χ3v) is 5.70. The van der Waals surface area contributed by atoms with Gasteiger partial charge in [0.25, 0.3) is 5.69 Å². The highest BCUT2D eigenvalue weighted by atomic mass is 16.6. The molecule has 3 rings (SSSR count). The Labute approximate surface area is 225 Å². The molecule has 0 heterocycles. The highest BCUT2D eigenvalue weighted by Gasteiger charge is 2.36. The van der Waals surface area contributed by atoms with Crippen LogP contribution in [0.1, 0.15) is 23.6 Å². The number of hydrazine groups is 1. The highest BCUT2D eigenvalue weighted by molar-refractivity contribution is 5.82. The molecule has 11 heteroatoms. The smallest absolute Gasteiger partial charge is 0.425 e. The number of carboxylic acids is 1. The fourth-order valence-corrected chi connectivity index (χ4v) is 3.80. The molecule has 0 radical (unpaired) electrons. The zero-order valence-electron chi connectivity index (χ0n) is 21.3. The maximum Gasteiger partial charge on any atom is 0.425 e. The predicted molar refractivity (Wildman–Crippen MR) is 140 cm³/mol. The number of carboxylic acid groups (broad SMARTS) is 1. The molecule has 1 amide bonds. The summed E-state index contributed by atoms with van der Waals surface area (Å²) < 4.78 is 10.7. The number of nitro benzene ring substituents is 1. The molecular weight excluding hydrogens is 506 g/mol. The first kappa shape index (κ1) is 28.8. The predicted octanol–water partition coefficient (Wildman–Crippen LogP) is 3.91. The van der Waals surface area contributed by atoms with Gasteiger partial charge < -0.3 is 14.6 Å². The van der Waals surface area contributed by atoms with Crippen molar-refractivity contribution in [2.45, 2.75) is 38.5 Å². The van der Waals surface area contributed by atoms with Crippen molar-refractivity contribution in [1.82, 2.24) is 10.4 Å². The number of benzene rings is 3. The van der Waals surface area contributed by atoms with E-state index >= 15 is 0 Å². The fourth-order valence-electron chi connectivity index (χ4n) is 3.80. The summed E-state index contributed by atoms with van der Waals surface area (Å²) in [5.74, 6) is -2.10. The Balaban J connectivity index is 1.93. The number of rotatable bonds is 13. The van der Waals surface area contributed by atoms with E-state index < -0.39 is 35.0 Å². The van der Waals surface area contributed by atoms with Crippen LogP contribution in [0.15, 0.2) is 84.9 Å². The van der Waals surface area contributed by atoms with Crippen LogP contribution in [0.3, 0.4) is 0 Å². The summed E-state index contributed by atoms with van der Waals surface area (Å²) >= 11 is 0. The van der Waals surface area contributed by atoms with Gasteiger partial charge in [0.1, 0.15) is 12.6 Å². The highest BCUT2D eigenvalue weighted by Crippen LogP contribution is 2.17. The van der Waals surface area contributed by atoms with Gasteiger partial charge in [-0.15, -0.1) is 0 Å². The van der Waals surface area contributed by atoms with Gasteiger partial charge in [0.15, 0.2) is 6.04 Å². The van der Waals surface area contributed by atoms with Gasteiger partial charge in [0.2, 0.25) is 0 Å². The van der Waals surface area contributed by atoms with Gasteiger partial charge in [-0.25, -0.2) is 20.0 Å². The molecule has 0 aromatic heterocycles. The van der Waals surface area contributed by atoms with E-state index in [0.29, 0.717) is 16.7 Å². The molecule has 0 fully saturated rings. The average Bonchev–Trinajstić information content (AvgIpc) is 2.94. The summed E-state index contributed by atoms with van der Waals surface area (Å²) in [6.45, 7) is 1.53. The summed E-state index contributed by atoms with van der Waals surface area (Å²) in [7, 11) is 0. The monoisotopic (exact) mass is 535 g/mol. The lowest BCUT2D eigenvalue weighted by atomic mass is 10.0. The average molecular weight is 536 g/mol. The van der Waals surface area contributed by atoms with Crippen molar-refractivity contribution in [3.63, 3.8) is 0 Å². The fraction of sp³-hybridized carbons (Fsp3) is 0.250. The van der Waals surface area contributed by atoms with Crippen LogP contribution in [0, 0.1) is 10.1 Å². The maximum atomic E-state index is 13.4. The first-order chi connectivity index (χ1) is 18.8. The van der Waals surface area contributed by atoms with Crippen LogP contribution in [0.2, 0.25) is 0 Å². The van der Waals surface area contributed by atoms with Gasteiger partial charge >= 0.3 is 18.0 Å². The van der Waals surface area contributed by atoms with Crippen LogP contribution in [-0.2, 0) is 38.5 Å². The number of esters is 1. The normalized spacial score (nSPS) is 12.1. The number of hydrogen-bond donors (Lipinski definition) is 2. The van der Waals surface area contributed by atoms with E-state index in [1.807, 2.05) is 0 Å². The summed E-state index contributed by atoms with van der Waals surface area (Å²) in [4.78, 5) is 49.3. The second-order valence-corrected chi connectivity index (χ2v) is 8.52. The Kier molecular flexibility index (Phi) is 10.5. The maximum absolute atomic E-state index is 13.4. The number of nitro groups is 1. The van der Waals surface area contributed by atoms with E-state index in [1.165, 1.54) is 24.3 Å². The number of carbonyl (C=O) groups excluding carboxylic acids is 2. The van der Waals surface area contributed by atoms with Gasteiger partial charge in [0, 0.05) is 25.0 Å². The van der Waals surface area contributed by atoms with E-state index in [2.05, 4.69) is 5.43 Å². The van der Waals surface area contributed by atoms with Gasteiger partial charge in [0.05, 0.1) is 11.5 Å². The minimum absolute atomic E-state index is 0.0102. The lowest BCUT2D eigenvalue weighted by Crippen LogP contribution is -2.59. The molecule has 0 bridgehead atoms. The van der Waals surface area contributed by atoms with E-state index in [4.69, 9.17) is 9.47 Å². The van der Waals surface area contributed by atoms with Crippen LogP contribution in [0.5, 0.6) is 0 Å².